The third-order valence-electron chi connectivity index (χ3n) is 2.42. The lowest BCUT2D eigenvalue weighted by atomic mass is 10.2. The van der Waals surface area contributed by atoms with Crippen molar-refractivity contribution in [1.29, 1.82) is 0 Å². The molecule has 1 nitrogen and oxygen atoms in total. The van der Waals surface area contributed by atoms with Crippen molar-refractivity contribution < 1.29 is 4.79 Å². The van der Waals surface area contributed by atoms with Crippen LogP contribution in [0.25, 0.3) is 0 Å². The number of carbonyl (C=O) groups excluding carboxylic acids is 1. The van der Waals surface area contributed by atoms with E-state index < -0.39 is 8.07 Å². The molecule has 0 aliphatic heterocycles. The Labute approximate surface area is 83.2 Å². The third kappa shape index (κ3) is 5.04. The number of unbranched alkanes of at least 4 members (excludes halogenated alkanes) is 2. The van der Waals surface area contributed by atoms with Crippen LogP contribution in [0.3, 0.4) is 0 Å². The molecule has 0 aliphatic rings. The molecular formula is C11H22OSi. The van der Waals surface area contributed by atoms with Crippen molar-refractivity contribution in [1.82, 2.24) is 0 Å². The van der Waals surface area contributed by atoms with Gasteiger partial charge in [-0.15, -0.1) is 6.58 Å². The lowest BCUT2D eigenvalue weighted by Gasteiger charge is -2.18. The van der Waals surface area contributed by atoms with E-state index >= 15 is 0 Å². The van der Waals surface area contributed by atoms with E-state index in [1.807, 2.05) is 6.08 Å². The molecule has 0 aromatic heterocycles. The van der Waals surface area contributed by atoms with Crippen molar-refractivity contribution in [3.63, 3.8) is 0 Å². The van der Waals surface area contributed by atoms with E-state index in [4.69, 9.17) is 0 Å². The first-order valence-electron chi connectivity index (χ1n) is 5.18. The standard InChI is InChI=1S/C11H22OSi/c1-5-7-8-9-11(12)13(3,4)10-6-2/h6H,2,5,7-10H2,1,3-4H3. The molecule has 0 bridgehead atoms. The molecule has 0 rings (SSSR count). The van der Waals surface area contributed by atoms with Gasteiger partial charge in [0.15, 0.2) is 0 Å². The predicted octanol–water partition coefficient (Wildman–Crippen LogP) is 3.57. The number of carbonyl (C=O) groups is 1. The Kier molecular flexibility index (Phi) is 5.96. The van der Waals surface area contributed by atoms with Crippen LogP contribution in [0.2, 0.25) is 19.1 Å². The van der Waals surface area contributed by atoms with Crippen LogP contribution in [-0.2, 0) is 4.79 Å². The minimum absolute atomic E-state index is 0.515. The summed E-state index contributed by atoms with van der Waals surface area (Å²) in [6.07, 6.45) is 6.13. The number of hydrogen-bond donors (Lipinski definition) is 0. The lowest BCUT2D eigenvalue weighted by Crippen LogP contribution is -2.36. The molecule has 13 heavy (non-hydrogen) atoms. The fourth-order valence-corrected chi connectivity index (χ4v) is 3.15. The van der Waals surface area contributed by atoms with Gasteiger partial charge in [-0.25, -0.2) is 0 Å². The molecule has 0 heterocycles. The van der Waals surface area contributed by atoms with Gasteiger partial charge in [0.1, 0.15) is 13.5 Å². The smallest absolute Gasteiger partial charge is 0.130 e. The van der Waals surface area contributed by atoms with Crippen LogP contribution >= 0.6 is 0 Å². The van der Waals surface area contributed by atoms with Gasteiger partial charge in [0.25, 0.3) is 0 Å². The molecule has 0 atom stereocenters. The molecule has 0 spiro atoms. The van der Waals surface area contributed by atoms with Gasteiger partial charge in [0.2, 0.25) is 0 Å². The van der Waals surface area contributed by atoms with E-state index in [2.05, 4.69) is 26.6 Å². The lowest BCUT2D eigenvalue weighted by molar-refractivity contribution is -0.112. The summed E-state index contributed by atoms with van der Waals surface area (Å²) in [6.45, 7) is 10.2. The highest BCUT2D eigenvalue weighted by molar-refractivity contribution is 7.04. The van der Waals surface area contributed by atoms with E-state index in [-0.39, 0.29) is 0 Å². The van der Waals surface area contributed by atoms with E-state index in [0.717, 1.165) is 18.9 Å². The SMILES string of the molecule is C=CC[Si](C)(C)C(=O)CCCCC. The van der Waals surface area contributed by atoms with Gasteiger partial charge in [0, 0.05) is 6.42 Å². The predicted molar refractivity (Wildman–Crippen MR) is 61.6 cm³/mol. The minimum Gasteiger partial charge on any atom is -0.305 e. The summed E-state index contributed by atoms with van der Waals surface area (Å²) in [6, 6.07) is 0.929. The molecule has 0 amide bonds. The molecular weight excluding hydrogens is 176 g/mol. The van der Waals surface area contributed by atoms with Crippen LogP contribution in [0.15, 0.2) is 12.7 Å². The summed E-state index contributed by atoms with van der Waals surface area (Å²) >= 11 is 0. The first-order valence-corrected chi connectivity index (χ1v) is 8.39. The van der Waals surface area contributed by atoms with Gasteiger partial charge < -0.3 is 4.79 Å². The average molecular weight is 198 g/mol. The molecule has 0 saturated heterocycles. The Morgan fingerprint density at radius 1 is 1.38 bits per heavy atom. The second-order valence-electron chi connectivity index (χ2n) is 4.26. The average Bonchev–Trinajstić information content (AvgIpc) is 2.04. The summed E-state index contributed by atoms with van der Waals surface area (Å²) in [5.41, 5.74) is 0. The highest BCUT2D eigenvalue weighted by Gasteiger charge is 2.27. The maximum absolute atomic E-state index is 11.7. The molecule has 0 fully saturated rings. The quantitative estimate of drug-likeness (QED) is 0.347. The zero-order valence-electron chi connectivity index (χ0n) is 9.23. The summed E-state index contributed by atoms with van der Waals surface area (Å²) in [4.78, 5) is 11.7. The highest BCUT2D eigenvalue weighted by atomic mass is 28.3. The maximum Gasteiger partial charge on any atom is 0.130 e. The zero-order valence-corrected chi connectivity index (χ0v) is 10.2. The van der Waals surface area contributed by atoms with Crippen LogP contribution in [0.5, 0.6) is 0 Å². The van der Waals surface area contributed by atoms with Crippen LogP contribution in [0.4, 0.5) is 0 Å². The summed E-state index contributed by atoms with van der Waals surface area (Å²) < 4.78 is 0. The third-order valence-corrected chi connectivity index (χ3v) is 5.49. The number of rotatable bonds is 7. The van der Waals surface area contributed by atoms with Crippen molar-refractivity contribution >= 4 is 13.5 Å². The Hall–Kier alpha value is -0.373. The van der Waals surface area contributed by atoms with Crippen LogP contribution in [0, 0.1) is 0 Å². The normalized spacial score (nSPS) is 11.3. The van der Waals surface area contributed by atoms with Gasteiger partial charge in [-0.2, -0.15) is 0 Å². The monoisotopic (exact) mass is 198 g/mol. The topological polar surface area (TPSA) is 17.1 Å². The van der Waals surface area contributed by atoms with Gasteiger partial charge in [0.05, 0.1) is 0 Å². The molecule has 0 radical (unpaired) electrons. The van der Waals surface area contributed by atoms with Gasteiger partial charge in [-0.3, -0.25) is 0 Å². The fraction of sp³-hybridized carbons (Fsp3) is 0.727. The van der Waals surface area contributed by atoms with Crippen molar-refractivity contribution in [3.8, 4) is 0 Å². The minimum atomic E-state index is -1.61. The second-order valence-corrected chi connectivity index (χ2v) is 8.99. The Morgan fingerprint density at radius 2 is 2.00 bits per heavy atom. The van der Waals surface area contributed by atoms with Crippen molar-refractivity contribution in [2.75, 3.05) is 0 Å². The molecule has 76 valence electrons. The summed E-state index contributed by atoms with van der Waals surface area (Å²) in [5, 5.41) is 0.515. The van der Waals surface area contributed by atoms with Crippen molar-refractivity contribution in [2.24, 2.45) is 0 Å². The fourth-order valence-electron chi connectivity index (χ4n) is 1.35. The van der Waals surface area contributed by atoms with Gasteiger partial charge in [-0.05, 0) is 12.5 Å². The van der Waals surface area contributed by atoms with Gasteiger partial charge >= 0.3 is 0 Å². The Morgan fingerprint density at radius 3 is 2.46 bits per heavy atom. The first kappa shape index (κ1) is 12.6. The molecule has 0 aromatic rings. The Balaban J connectivity index is 3.86. The molecule has 0 aromatic carbocycles. The maximum atomic E-state index is 11.7. The largest absolute Gasteiger partial charge is 0.305 e. The van der Waals surface area contributed by atoms with Crippen LogP contribution in [0.1, 0.15) is 32.6 Å². The molecule has 0 aliphatic carbocycles. The van der Waals surface area contributed by atoms with Crippen LogP contribution < -0.4 is 0 Å². The van der Waals surface area contributed by atoms with E-state index in [9.17, 15) is 4.79 Å². The van der Waals surface area contributed by atoms with E-state index in [1.54, 1.807) is 0 Å². The summed E-state index contributed by atoms with van der Waals surface area (Å²) in [5.74, 6) is 0. The van der Waals surface area contributed by atoms with Crippen molar-refractivity contribution in [2.45, 2.75) is 51.7 Å². The molecule has 2 heteroatoms. The van der Waals surface area contributed by atoms with Crippen molar-refractivity contribution in [3.05, 3.63) is 12.7 Å². The molecule has 0 saturated carbocycles. The highest BCUT2D eigenvalue weighted by Crippen LogP contribution is 2.15. The number of allylic oxidation sites excluding steroid dienone is 1. The second kappa shape index (κ2) is 6.14. The Bertz CT molecular complexity index is 173. The van der Waals surface area contributed by atoms with E-state index in [0.29, 0.717) is 5.41 Å². The first-order chi connectivity index (χ1) is 6.04. The molecule has 0 unspecified atom stereocenters. The number of hydrogen-bond acceptors (Lipinski definition) is 1. The summed E-state index contributed by atoms with van der Waals surface area (Å²) in [7, 11) is -1.61. The zero-order chi connectivity index (χ0) is 10.3. The molecule has 0 N–H and O–H groups in total. The van der Waals surface area contributed by atoms with E-state index in [1.165, 1.54) is 12.8 Å². The van der Waals surface area contributed by atoms with Gasteiger partial charge in [-0.1, -0.05) is 38.9 Å². The van der Waals surface area contributed by atoms with Crippen LogP contribution in [-0.4, -0.2) is 13.5 Å².